The molecule has 0 aromatic carbocycles. The maximum absolute atomic E-state index is 12.8. The lowest BCUT2D eigenvalue weighted by Gasteiger charge is -2.06. The van der Waals surface area contributed by atoms with Crippen molar-refractivity contribution in [1.29, 1.82) is 0 Å². The quantitative estimate of drug-likeness (QED) is 0.559. The summed E-state index contributed by atoms with van der Waals surface area (Å²) < 4.78 is 41.9. The molecule has 1 rings (SSSR count). The monoisotopic (exact) mass is 205 g/mol. The molecule has 0 amide bonds. The molecule has 0 aliphatic rings. The Labute approximate surface area is 77.5 Å². The molecule has 0 bridgehead atoms. The van der Waals surface area contributed by atoms with E-state index in [9.17, 15) is 18.0 Å². The van der Waals surface area contributed by atoms with Crippen LogP contribution in [0.15, 0.2) is 6.07 Å². The SMILES string of the molecule is COc1nc(F)c(C=O)cc1C(F)F. The minimum atomic E-state index is -2.86. The number of nitrogens with zero attached hydrogens (tertiary/aromatic N) is 1. The maximum Gasteiger partial charge on any atom is 0.269 e. The normalized spacial score (nSPS) is 10.4. The van der Waals surface area contributed by atoms with Gasteiger partial charge in [-0.1, -0.05) is 0 Å². The van der Waals surface area contributed by atoms with Gasteiger partial charge in [0, 0.05) is 0 Å². The van der Waals surface area contributed by atoms with Crippen LogP contribution in [-0.4, -0.2) is 18.4 Å². The van der Waals surface area contributed by atoms with E-state index in [2.05, 4.69) is 9.72 Å². The molecule has 1 heterocycles. The first-order valence-corrected chi connectivity index (χ1v) is 3.58. The molecule has 14 heavy (non-hydrogen) atoms. The highest BCUT2D eigenvalue weighted by Crippen LogP contribution is 2.28. The first-order valence-electron chi connectivity index (χ1n) is 3.58. The largest absolute Gasteiger partial charge is 0.481 e. The number of methoxy groups -OCH3 is 1. The van der Waals surface area contributed by atoms with Gasteiger partial charge < -0.3 is 4.74 Å². The van der Waals surface area contributed by atoms with Gasteiger partial charge in [0.1, 0.15) is 0 Å². The lowest BCUT2D eigenvalue weighted by Crippen LogP contribution is -2.01. The number of rotatable bonds is 3. The summed E-state index contributed by atoms with van der Waals surface area (Å²) in [5.74, 6) is -1.63. The molecule has 1 aromatic heterocycles. The van der Waals surface area contributed by atoms with Crippen molar-refractivity contribution in [2.75, 3.05) is 7.11 Å². The van der Waals surface area contributed by atoms with Gasteiger partial charge in [-0.25, -0.2) is 8.78 Å². The van der Waals surface area contributed by atoms with Crippen molar-refractivity contribution < 1.29 is 22.7 Å². The van der Waals surface area contributed by atoms with Crippen molar-refractivity contribution in [3.05, 3.63) is 23.1 Å². The number of ether oxygens (including phenoxy) is 1. The maximum atomic E-state index is 12.8. The molecule has 0 atom stereocenters. The van der Waals surface area contributed by atoms with Crippen molar-refractivity contribution in [2.45, 2.75) is 6.43 Å². The molecule has 0 aliphatic carbocycles. The van der Waals surface area contributed by atoms with Crippen LogP contribution in [0, 0.1) is 5.95 Å². The van der Waals surface area contributed by atoms with E-state index in [0.29, 0.717) is 0 Å². The minimum Gasteiger partial charge on any atom is -0.481 e. The van der Waals surface area contributed by atoms with Gasteiger partial charge in [-0.2, -0.15) is 9.37 Å². The number of hydrogen-bond donors (Lipinski definition) is 0. The Morgan fingerprint density at radius 1 is 1.57 bits per heavy atom. The molecule has 76 valence electrons. The van der Waals surface area contributed by atoms with Crippen LogP contribution in [0.3, 0.4) is 0 Å². The molecule has 0 N–H and O–H groups in total. The first-order chi connectivity index (χ1) is 6.60. The van der Waals surface area contributed by atoms with Gasteiger partial charge in [0.15, 0.2) is 6.29 Å². The number of hydrogen-bond acceptors (Lipinski definition) is 3. The summed E-state index contributed by atoms with van der Waals surface area (Å²) in [6, 6.07) is 0.721. The topological polar surface area (TPSA) is 39.2 Å². The molecular formula is C8H6F3NO2. The zero-order chi connectivity index (χ0) is 10.7. The Hall–Kier alpha value is -1.59. The van der Waals surface area contributed by atoms with E-state index in [0.717, 1.165) is 13.2 Å². The fourth-order valence-corrected chi connectivity index (χ4v) is 0.910. The Morgan fingerprint density at radius 2 is 2.21 bits per heavy atom. The molecular weight excluding hydrogens is 199 g/mol. The van der Waals surface area contributed by atoms with Gasteiger partial charge >= 0.3 is 0 Å². The van der Waals surface area contributed by atoms with Gasteiger partial charge in [0.2, 0.25) is 11.8 Å². The molecule has 0 saturated carbocycles. The molecule has 1 aromatic rings. The average Bonchev–Trinajstić information content (AvgIpc) is 2.16. The zero-order valence-electron chi connectivity index (χ0n) is 7.13. The standard InChI is InChI=1S/C8H6F3NO2/c1-14-8-5(6(9)10)2-4(3-13)7(11)12-8/h2-3,6H,1H3. The molecule has 0 fully saturated rings. The summed E-state index contributed by atoms with van der Waals surface area (Å²) in [6.45, 7) is 0. The average molecular weight is 205 g/mol. The van der Waals surface area contributed by atoms with E-state index in [1.165, 1.54) is 0 Å². The van der Waals surface area contributed by atoms with Crippen LogP contribution in [0.25, 0.3) is 0 Å². The molecule has 0 unspecified atom stereocenters. The van der Waals surface area contributed by atoms with Gasteiger partial charge in [-0.05, 0) is 6.07 Å². The van der Waals surface area contributed by atoms with E-state index < -0.39 is 29.4 Å². The highest BCUT2D eigenvalue weighted by molar-refractivity contribution is 5.75. The molecule has 0 saturated heterocycles. The van der Waals surface area contributed by atoms with Crippen LogP contribution in [-0.2, 0) is 0 Å². The fourth-order valence-electron chi connectivity index (χ4n) is 0.910. The smallest absolute Gasteiger partial charge is 0.269 e. The van der Waals surface area contributed by atoms with Crippen molar-refractivity contribution in [2.24, 2.45) is 0 Å². The summed E-state index contributed by atoms with van der Waals surface area (Å²) in [5.41, 5.74) is -1.11. The van der Waals surface area contributed by atoms with Gasteiger partial charge in [-0.3, -0.25) is 4.79 Å². The number of pyridine rings is 1. The summed E-state index contributed by atoms with van der Waals surface area (Å²) in [4.78, 5) is 13.3. The van der Waals surface area contributed by atoms with E-state index in [1.807, 2.05) is 0 Å². The Balaban J connectivity index is 3.32. The number of halogens is 3. The van der Waals surface area contributed by atoms with Crippen molar-refractivity contribution in [3.8, 4) is 5.88 Å². The third-order valence-corrected chi connectivity index (χ3v) is 1.55. The Kier molecular flexibility index (Phi) is 3.06. The van der Waals surface area contributed by atoms with Crippen molar-refractivity contribution in [3.63, 3.8) is 0 Å². The fraction of sp³-hybridized carbons (Fsp3) is 0.250. The van der Waals surface area contributed by atoms with Crippen LogP contribution in [0.1, 0.15) is 22.3 Å². The van der Waals surface area contributed by atoms with Crippen LogP contribution in [0.5, 0.6) is 5.88 Å². The number of aromatic nitrogens is 1. The Bertz CT molecular complexity index is 355. The van der Waals surface area contributed by atoms with Gasteiger partial charge in [0.25, 0.3) is 6.43 Å². The number of aldehydes is 1. The third-order valence-electron chi connectivity index (χ3n) is 1.55. The highest BCUT2D eigenvalue weighted by Gasteiger charge is 2.18. The summed E-state index contributed by atoms with van der Waals surface area (Å²) in [5, 5.41) is 0. The second-order valence-electron chi connectivity index (χ2n) is 2.39. The highest BCUT2D eigenvalue weighted by atomic mass is 19.3. The molecule has 3 nitrogen and oxygen atoms in total. The summed E-state index contributed by atoms with van der Waals surface area (Å²) >= 11 is 0. The Morgan fingerprint density at radius 3 is 2.64 bits per heavy atom. The first kappa shape index (κ1) is 10.5. The third kappa shape index (κ3) is 1.84. The van der Waals surface area contributed by atoms with Crippen LogP contribution < -0.4 is 4.74 Å². The van der Waals surface area contributed by atoms with Gasteiger partial charge in [-0.15, -0.1) is 0 Å². The second-order valence-corrected chi connectivity index (χ2v) is 2.39. The second kappa shape index (κ2) is 4.08. The lowest BCUT2D eigenvalue weighted by atomic mass is 10.2. The summed E-state index contributed by atoms with van der Waals surface area (Å²) in [6.07, 6.45) is -2.75. The van der Waals surface area contributed by atoms with E-state index in [-0.39, 0.29) is 6.29 Å². The van der Waals surface area contributed by atoms with Crippen LogP contribution in [0.4, 0.5) is 13.2 Å². The molecule has 0 radical (unpaired) electrons. The predicted octanol–water partition coefficient (Wildman–Crippen LogP) is 1.98. The predicted molar refractivity (Wildman–Crippen MR) is 41.1 cm³/mol. The van der Waals surface area contributed by atoms with Crippen molar-refractivity contribution in [1.82, 2.24) is 4.98 Å². The molecule has 0 aliphatic heterocycles. The zero-order valence-corrected chi connectivity index (χ0v) is 7.13. The van der Waals surface area contributed by atoms with E-state index in [4.69, 9.17) is 0 Å². The summed E-state index contributed by atoms with van der Waals surface area (Å²) in [7, 11) is 1.09. The van der Waals surface area contributed by atoms with Crippen LogP contribution in [0.2, 0.25) is 0 Å². The van der Waals surface area contributed by atoms with E-state index in [1.54, 1.807) is 0 Å². The van der Waals surface area contributed by atoms with Gasteiger partial charge in [0.05, 0.1) is 18.2 Å². The number of carbonyl (C=O) groups is 1. The number of carbonyl (C=O) groups excluding carboxylic acids is 1. The lowest BCUT2D eigenvalue weighted by molar-refractivity contribution is 0.111. The van der Waals surface area contributed by atoms with Crippen LogP contribution >= 0.6 is 0 Å². The minimum absolute atomic E-state index is 0.119. The molecule has 0 spiro atoms. The molecule has 6 heteroatoms. The van der Waals surface area contributed by atoms with Crippen molar-refractivity contribution >= 4 is 6.29 Å². The van der Waals surface area contributed by atoms with E-state index >= 15 is 0 Å². The number of alkyl halides is 2.